The van der Waals surface area contributed by atoms with Gasteiger partial charge >= 0.3 is 12.1 Å². The molecule has 8 heteroatoms. The second kappa shape index (κ2) is 9.42. The van der Waals surface area contributed by atoms with Gasteiger partial charge in [-0.2, -0.15) is 0 Å². The maximum Gasteiger partial charge on any atom is 0.407 e. The maximum atomic E-state index is 12.5. The van der Waals surface area contributed by atoms with Crippen molar-refractivity contribution in [1.82, 2.24) is 5.32 Å². The second-order valence-corrected chi connectivity index (χ2v) is 8.03. The number of carboxylic acid groups (broad SMARTS) is 1. The maximum absolute atomic E-state index is 12.5. The number of carbonyl (C=O) groups is 2. The van der Waals surface area contributed by atoms with Crippen LogP contribution in [-0.4, -0.2) is 42.0 Å². The zero-order valence-corrected chi connectivity index (χ0v) is 18.5. The van der Waals surface area contributed by atoms with E-state index in [-0.39, 0.29) is 35.5 Å². The Hall–Kier alpha value is -3.71. The van der Waals surface area contributed by atoms with Crippen LogP contribution in [0.1, 0.15) is 22.6 Å². The van der Waals surface area contributed by atoms with Crippen molar-refractivity contribution in [2.75, 3.05) is 13.7 Å². The van der Waals surface area contributed by atoms with E-state index in [9.17, 15) is 19.8 Å². The lowest BCUT2D eigenvalue weighted by atomic mass is 9.98. The average molecular weight is 468 g/mol. The molecular formula is C25H22ClNO6. The van der Waals surface area contributed by atoms with Crippen molar-refractivity contribution in [3.05, 3.63) is 82.4 Å². The zero-order chi connectivity index (χ0) is 23.5. The van der Waals surface area contributed by atoms with Gasteiger partial charge in [0.15, 0.2) is 11.5 Å². The number of halogens is 1. The summed E-state index contributed by atoms with van der Waals surface area (Å²) in [5.41, 5.74) is 4.66. The van der Waals surface area contributed by atoms with Crippen molar-refractivity contribution in [3.8, 4) is 22.6 Å². The fraction of sp³-hybridized carbons (Fsp3) is 0.200. The van der Waals surface area contributed by atoms with Gasteiger partial charge in [-0.3, -0.25) is 0 Å². The molecular weight excluding hydrogens is 446 g/mol. The second-order valence-electron chi connectivity index (χ2n) is 7.65. The Labute approximate surface area is 195 Å². The molecule has 0 bridgehead atoms. The number of aliphatic carboxylic acids is 1. The molecule has 0 fully saturated rings. The predicted molar refractivity (Wildman–Crippen MR) is 123 cm³/mol. The zero-order valence-electron chi connectivity index (χ0n) is 17.7. The molecule has 170 valence electrons. The number of methoxy groups -OCH3 is 1. The summed E-state index contributed by atoms with van der Waals surface area (Å²) in [5, 5.41) is 22.0. The van der Waals surface area contributed by atoms with E-state index in [2.05, 4.69) is 5.32 Å². The molecule has 7 nitrogen and oxygen atoms in total. The van der Waals surface area contributed by atoms with Gasteiger partial charge < -0.3 is 25.0 Å². The fourth-order valence-electron chi connectivity index (χ4n) is 4.11. The number of benzene rings is 3. The highest BCUT2D eigenvalue weighted by atomic mass is 35.5. The van der Waals surface area contributed by atoms with E-state index >= 15 is 0 Å². The molecule has 33 heavy (non-hydrogen) atoms. The fourth-order valence-corrected chi connectivity index (χ4v) is 4.35. The minimum absolute atomic E-state index is 0.0325. The molecule has 4 rings (SSSR count). The molecule has 0 spiro atoms. The van der Waals surface area contributed by atoms with Gasteiger partial charge in [-0.25, -0.2) is 9.59 Å². The average Bonchev–Trinajstić information content (AvgIpc) is 3.14. The standard InChI is InChI=1S/C25H22ClNO6/c1-32-21-11-10-14(22(26)23(21)28)12-20(24(29)30)27-25(31)33-13-19-17-8-4-2-6-15(17)16-7-3-5-9-18(16)19/h2-11,19-20,28H,12-13H2,1H3,(H,27,31)(H,29,30). The van der Waals surface area contributed by atoms with Crippen molar-refractivity contribution in [1.29, 1.82) is 0 Å². The van der Waals surface area contributed by atoms with Crippen LogP contribution in [0, 0.1) is 0 Å². The van der Waals surface area contributed by atoms with Crippen molar-refractivity contribution >= 4 is 23.7 Å². The number of carboxylic acids is 1. The number of rotatable bonds is 7. The van der Waals surface area contributed by atoms with Crippen LogP contribution < -0.4 is 10.1 Å². The minimum atomic E-state index is -1.30. The summed E-state index contributed by atoms with van der Waals surface area (Å²) in [7, 11) is 1.38. The Balaban J connectivity index is 1.45. The number of hydrogen-bond donors (Lipinski definition) is 3. The summed E-state index contributed by atoms with van der Waals surface area (Å²) in [4.78, 5) is 24.2. The highest BCUT2D eigenvalue weighted by molar-refractivity contribution is 6.33. The topological polar surface area (TPSA) is 105 Å². The molecule has 0 radical (unpaired) electrons. The Bertz CT molecular complexity index is 1170. The van der Waals surface area contributed by atoms with E-state index in [4.69, 9.17) is 21.1 Å². The number of amides is 1. The number of aromatic hydroxyl groups is 1. The van der Waals surface area contributed by atoms with Gasteiger partial charge in [0.2, 0.25) is 0 Å². The Kier molecular flexibility index (Phi) is 6.42. The van der Waals surface area contributed by atoms with E-state index in [1.165, 1.54) is 19.2 Å². The Morgan fingerprint density at radius 1 is 1.03 bits per heavy atom. The molecule has 0 heterocycles. The third kappa shape index (κ3) is 4.45. The molecule has 1 unspecified atom stereocenters. The van der Waals surface area contributed by atoms with Gasteiger partial charge in [0.1, 0.15) is 12.6 Å². The third-order valence-corrected chi connectivity index (χ3v) is 6.16. The normalized spacial score (nSPS) is 13.0. The highest BCUT2D eigenvalue weighted by Gasteiger charge is 2.30. The summed E-state index contributed by atoms with van der Waals surface area (Å²) in [6.07, 6.45) is -0.992. The molecule has 3 aromatic carbocycles. The quantitative estimate of drug-likeness (QED) is 0.469. The summed E-state index contributed by atoms with van der Waals surface area (Å²) in [6.45, 7) is 0.0658. The lowest BCUT2D eigenvalue weighted by Gasteiger charge is -2.18. The van der Waals surface area contributed by atoms with Gasteiger partial charge in [-0.05, 0) is 33.9 Å². The number of nitrogens with one attached hydrogen (secondary N) is 1. The monoisotopic (exact) mass is 467 g/mol. The van der Waals surface area contributed by atoms with Crippen molar-refractivity contribution in [3.63, 3.8) is 0 Å². The smallest absolute Gasteiger partial charge is 0.407 e. The van der Waals surface area contributed by atoms with Gasteiger partial charge in [0, 0.05) is 12.3 Å². The number of ether oxygens (including phenoxy) is 2. The van der Waals surface area contributed by atoms with E-state index < -0.39 is 18.1 Å². The predicted octanol–water partition coefficient (Wildman–Crippen LogP) is 4.59. The van der Waals surface area contributed by atoms with Crippen LogP contribution in [0.3, 0.4) is 0 Å². The molecule has 3 N–H and O–H groups in total. The summed E-state index contributed by atoms with van der Waals surface area (Å²) in [6, 6.07) is 17.6. The lowest BCUT2D eigenvalue weighted by Crippen LogP contribution is -2.43. The molecule has 0 aromatic heterocycles. The Morgan fingerprint density at radius 3 is 2.21 bits per heavy atom. The molecule has 0 saturated carbocycles. The minimum Gasteiger partial charge on any atom is -0.503 e. The van der Waals surface area contributed by atoms with Crippen molar-refractivity contribution in [2.45, 2.75) is 18.4 Å². The van der Waals surface area contributed by atoms with E-state index in [1.54, 1.807) is 0 Å². The number of alkyl carbamates (subject to hydrolysis) is 1. The molecule has 0 aliphatic heterocycles. The summed E-state index contributed by atoms with van der Waals surface area (Å²) < 4.78 is 10.4. The summed E-state index contributed by atoms with van der Waals surface area (Å²) in [5.74, 6) is -1.52. The van der Waals surface area contributed by atoms with Gasteiger partial charge in [-0.1, -0.05) is 66.2 Å². The molecule has 1 atom stereocenters. The first kappa shape index (κ1) is 22.5. The molecule has 1 amide bonds. The first-order valence-electron chi connectivity index (χ1n) is 10.3. The van der Waals surface area contributed by atoms with Crippen LogP contribution in [0.25, 0.3) is 11.1 Å². The summed E-state index contributed by atoms with van der Waals surface area (Å²) >= 11 is 6.14. The van der Waals surface area contributed by atoms with Gasteiger partial charge in [0.25, 0.3) is 0 Å². The van der Waals surface area contributed by atoms with Gasteiger partial charge in [-0.15, -0.1) is 0 Å². The Morgan fingerprint density at radius 2 is 1.64 bits per heavy atom. The number of phenols is 1. The van der Waals surface area contributed by atoms with Crippen LogP contribution in [0.4, 0.5) is 4.79 Å². The lowest BCUT2D eigenvalue weighted by molar-refractivity contribution is -0.139. The van der Waals surface area contributed by atoms with Crippen LogP contribution in [0.2, 0.25) is 5.02 Å². The van der Waals surface area contributed by atoms with Crippen molar-refractivity contribution < 1.29 is 29.3 Å². The number of hydrogen-bond acceptors (Lipinski definition) is 5. The van der Waals surface area contributed by atoms with Crippen molar-refractivity contribution in [2.24, 2.45) is 0 Å². The first-order valence-corrected chi connectivity index (χ1v) is 10.7. The molecule has 1 aliphatic carbocycles. The SMILES string of the molecule is COc1ccc(CC(NC(=O)OCC2c3ccccc3-c3ccccc32)C(=O)O)c(Cl)c1O. The van der Waals surface area contributed by atoms with Gasteiger partial charge in [0.05, 0.1) is 12.1 Å². The van der Waals surface area contributed by atoms with Crippen LogP contribution in [0.5, 0.6) is 11.5 Å². The van der Waals surface area contributed by atoms with E-state index in [0.29, 0.717) is 5.56 Å². The molecule has 3 aromatic rings. The van der Waals surface area contributed by atoms with E-state index in [1.807, 2.05) is 48.5 Å². The molecule has 1 aliphatic rings. The first-order chi connectivity index (χ1) is 15.9. The highest BCUT2D eigenvalue weighted by Crippen LogP contribution is 2.44. The number of fused-ring (bicyclic) bond motifs is 3. The molecule has 0 saturated heterocycles. The van der Waals surface area contributed by atoms with Crippen LogP contribution >= 0.6 is 11.6 Å². The third-order valence-electron chi connectivity index (χ3n) is 5.74. The van der Waals surface area contributed by atoms with Crippen LogP contribution in [0.15, 0.2) is 60.7 Å². The largest absolute Gasteiger partial charge is 0.503 e. The van der Waals surface area contributed by atoms with Crippen LogP contribution in [-0.2, 0) is 16.0 Å². The van der Waals surface area contributed by atoms with E-state index in [0.717, 1.165) is 22.3 Å². The number of carbonyl (C=O) groups excluding carboxylic acids is 1. The number of phenolic OH excluding ortho intramolecular Hbond substituents is 1.